The Balaban J connectivity index is 1.88. The molecule has 2 aromatic carbocycles. The Hall–Kier alpha value is -2.77. The van der Waals surface area contributed by atoms with E-state index in [-0.39, 0.29) is 5.91 Å². The van der Waals surface area contributed by atoms with Crippen molar-refractivity contribution >= 4 is 39.9 Å². The van der Waals surface area contributed by atoms with Crippen molar-refractivity contribution in [3.05, 3.63) is 64.7 Å². The number of carbonyl (C=O) groups is 2. The smallest absolute Gasteiger partial charge is 0.337 e. The summed E-state index contributed by atoms with van der Waals surface area (Å²) in [5.41, 5.74) is 1.70. The van der Waals surface area contributed by atoms with Gasteiger partial charge in [-0.3, -0.25) is 9.69 Å². The van der Waals surface area contributed by atoms with Crippen molar-refractivity contribution in [3.63, 3.8) is 0 Å². The number of carbonyl (C=O) groups excluding carboxylic acids is 2. The van der Waals surface area contributed by atoms with Crippen LogP contribution in [-0.4, -0.2) is 35.7 Å². The minimum Gasteiger partial charge on any atom is -0.465 e. The van der Waals surface area contributed by atoms with E-state index in [0.29, 0.717) is 32.8 Å². The van der Waals surface area contributed by atoms with Crippen LogP contribution in [0.2, 0.25) is 5.02 Å². The number of hydrogen-bond donors (Lipinski definition) is 0. The molecule has 0 saturated carbocycles. The molecule has 150 valence electrons. The molecule has 0 aliphatic heterocycles. The van der Waals surface area contributed by atoms with Gasteiger partial charge in [-0.2, -0.15) is 0 Å². The molecule has 0 saturated heterocycles. The number of rotatable bonds is 7. The van der Waals surface area contributed by atoms with Crippen molar-refractivity contribution < 1.29 is 14.3 Å². The molecule has 0 bridgehead atoms. The van der Waals surface area contributed by atoms with Crippen molar-refractivity contribution in [1.29, 1.82) is 0 Å². The minimum atomic E-state index is -0.398. The lowest BCUT2D eigenvalue weighted by atomic mass is 10.1. The Morgan fingerprint density at radius 1 is 1.10 bits per heavy atom. The van der Waals surface area contributed by atoms with Crippen LogP contribution in [0.25, 0.3) is 10.6 Å². The van der Waals surface area contributed by atoms with Gasteiger partial charge in [-0.1, -0.05) is 60.5 Å². The number of halogens is 1. The van der Waals surface area contributed by atoms with Gasteiger partial charge in [0.25, 0.3) is 5.91 Å². The first-order valence-corrected chi connectivity index (χ1v) is 10.3. The number of aromatic nitrogens is 2. The lowest BCUT2D eigenvalue weighted by Gasteiger charge is -2.19. The van der Waals surface area contributed by atoms with Crippen LogP contribution in [0.1, 0.15) is 40.5 Å². The average molecular weight is 430 g/mol. The number of hydrogen-bond acceptors (Lipinski definition) is 6. The number of esters is 1. The molecule has 0 fully saturated rings. The summed E-state index contributed by atoms with van der Waals surface area (Å²) < 4.78 is 4.71. The molecule has 3 aromatic rings. The van der Waals surface area contributed by atoms with E-state index in [9.17, 15) is 9.59 Å². The van der Waals surface area contributed by atoms with E-state index < -0.39 is 5.97 Å². The van der Waals surface area contributed by atoms with E-state index in [1.165, 1.54) is 18.4 Å². The summed E-state index contributed by atoms with van der Waals surface area (Å²) in [4.78, 5) is 26.3. The summed E-state index contributed by atoms with van der Waals surface area (Å²) in [7, 11) is 1.34. The van der Waals surface area contributed by atoms with Crippen LogP contribution in [0.15, 0.2) is 48.5 Å². The molecular formula is C21H20ClN3O3S. The number of nitrogens with zero attached hydrogens (tertiary/aromatic N) is 3. The second kappa shape index (κ2) is 9.62. The van der Waals surface area contributed by atoms with E-state index in [2.05, 4.69) is 17.1 Å². The van der Waals surface area contributed by atoms with Crippen molar-refractivity contribution in [2.24, 2.45) is 0 Å². The molecule has 29 heavy (non-hydrogen) atoms. The minimum absolute atomic E-state index is 0.201. The molecule has 0 N–H and O–H groups in total. The van der Waals surface area contributed by atoms with Gasteiger partial charge >= 0.3 is 5.97 Å². The van der Waals surface area contributed by atoms with E-state index in [1.807, 2.05) is 0 Å². The Kier molecular flexibility index (Phi) is 6.95. The van der Waals surface area contributed by atoms with Gasteiger partial charge in [-0.05, 0) is 30.7 Å². The molecule has 0 spiro atoms. The van der Waals surface area contributed by atoms with Crippen LogP contribution < -0.4 is 4.90 Å². The average Bonchev–Trinajstić information content (AvgIpc) is 3.23. The molecule has 0 aliphatic rings. The highest BCUT2D eigenvalue weighted by Crippen LogP contribution is 2.31. The fourth-order valence-electron chi connectivity index (χ4n) is 2.69. The Morgan fingerprint density at radius 3 is 2.48 bits per heavy atom. The van der Waals surface area contributed by atoms with Gasteiger partial charge in [0.1, 0.15) is 5.01 Å². The van der Waals surface area contributed by atoms with Crippen LogP contribution in [0.5, 0.6) is 0 Å². The highest BCUT2D eigenvalue weighted by atomic mass is 35.5. The van der Waals surface area contributed by atoms with Crippen molar-refractivity contribution in [2.45, 2.75) is 19.8 Å². The van der Waals surface area contributed by atoms with Gasteiger partial charge in [0.15, 0.2) is 0 Å². The summed E-state index contributed by atoms with van der Waals surface area (Å²) in [6, 6.07) is 13.9. The zero-order valence-corrected chi connectivity index (χ0v) is 17.7. The van der Waals surface area contributed by atoms with Gasteiger partial charge in [0, 0.05) is 12.1 Å². The Labute approximate surface area is 178 Å². The fraction of sp³-hybridized carbons (Fsp3) is 0.238. The lowest BCUT2D eigenvalue weighted by Crippen LogP contribution is -2.32. The lowest BCUT2D eigenvalue weighted by molar-refractivity contribution is 0.0600. The van der Waals surface area contributed by atoms with Crippen LogP contribution in [0.4, 0.5) is 5.13 Å². The topological polar surface area (TPSA) is 72.4 Å². The molecule has 1 heterocycles. The third kappa shape index (κ3) is 4.81. The fourth-order valence-corrected chi connectivity index (χ4v) is 3.78. The number of ether oxygens (including phenoxy) is 1. The highest BCUT2D eigenvalue weighted by Gasteiger charge is 2.23. The van der Waals surface area contributed by atoms with Crippen molar-refractivity contribution in [1.82, 2.24) is 10.2 Å². The first kappa shape index (κ1) is 21.0. The normalized spacial score (nSPS) is 10.6. The second-order valence-corrected chi connectivity index (χ2v) is 7.61. The van der Waals surface area contributed by atoms with Crippen LogP contribution in [0.3, 0.4) is 0 Å². The summed E-state index contributed by atoms with van der Waals surface area (Å²) in [6.07, 6.45) is 1.77. The number of unbranched alkanes of at least 4 members (excludes halogenated alkanes) is 1. The van der Waals surface area contributed by atoms with Crippen molar-refractivity contribution in [2.75, 3.05) is 18.6 Å². The van der Waals surface area contributed by atoms with E-state index in [4.69, 9.17) is 16.3 Å². The first-order valence-electron chi connectivity index (χ1n) is 9.13. The molecule has 8 heteroatoms. The van der Waals surface area contributed by atoms with Gasteiger partial charge in [0.05, 0.1) is 23.3 Å². The maximum absolute atomic E-state index is 13.1. The monoisotopic (exact) mass is 429 g/mol. The zero-order chi connectivity index (χ0) is 20.8. The SMILES string of the molecule is CCCCN(C(=O)c1ccccc1Cl)c1nnc(-c2ccc(C(=O)OC)cc2)s1. The molecule has 0 aliphatic carbocycles. The second-order valence-electron chi connectivity index (χ2n) is 6.25. The predicted octanol–water partition coefficient (Wildman–Crippen LogP) is 5.09. The van der Waals surface area contributed by atoms with Gasteiger partial charge in [0.2, 0.25) is 5.13 Å². The standard InChI is InChI=1S/C21H20ClN3O3S/c1-3-4-13-25(19(26)16-7-5-6-8-17(16)22)21-24-23-18(29-21)14-9-11-15(12-10-14)20(27)28-2/h5-12H,3-4,13H2,1-2H3. The summed E-state index contributed by atoms with van der Waals surface area (Å²) in [5.74, 6) is -0.599. The van der Waals surface area contributed by atoms with Crippen LogP contribution >= 0.6 is 22.9 Å². The Morgan fingerprint density at radius 2 is 1.83 bits per heavy atom. The third-order valence-corrected chi connectivity index (χ3v) is 5.61. The highest BCUT2D eigenvalue weighted by molar-refractivity contribution is 7.18. The molecule has 0 atom stereocenters. The van der Waals surface area contributed by atoms with Gasteiger partial charge in [-0.15, -0.1) is 10.2 Å². The largest absolute Gasteiger partial charge is 0.465 e. The van der Waals surface area contributed by atoms with Crippen LogP contribution in [0, 0.1) is 0 Å². The zero-order valence-electron chi connectivity index (χ0n) is 16.1. The molecular weight excluding hydrogens is 410 g/mol. The van der Waals surface area contributed by atoms with Crippen molar-refractivity contribution in [3.8, 4) is 10.6 Å². The number of methoxy groups -OCH3 is 1. The van der Waals surface area contributed by atoms with E-state index in [0.717, 1.165) is 18.4 Å². The molecule has 3 rings (SSSR count). The maximum atomic E-state index is 13.1. The summed E-state index contributed by atoms with van der Waals surface area (Å²) >= 11 is 7.54. The summed E-state index contributed by atoms with van der Waals surface area (Å²) in [6.45, 7) is 2.59. The third-order valence-electron chi connectivity index (χ3n) is 4.28. The number of amides is 1. The molecule has 0 radical (unpaired) electrons. The predicted molar refractivity (Wildman–Crippen MR) is 115 cm³/mol. The first-order chi connectivity index (χ1) is 14.0. The van der Waals surface area contributed by atoms with Crippen LogP contribution in [-0.2, 0) is 4.74 Å². The Bertz CT molecular complexity index is 1000. The van der Waals surface area contributed by atoms with E-state index in [1.54, 1.807) is 53.4 Å². The van der Waals surface area contributed by atoms with E-state index >= 15 is 0 Å². The maximum Gasteiger partial charge on any atom is 0.337 e. The molecule has 0 unspecified atom stereocenters. The quantitative estimate of drug-likeness (QED) is 0.489. The molecule has 1 amide bonds. The molecule has 1 aromatic heterocycles. The number of anilines is 1. The number of benzene rings is 2. The summed E-state index contributed by atoms with van der Waals surface area (Å²) in [5, 5.41) is 10.0. The van der Waals surface area contributed by atoms with Gasteiger partial charge < -0.3 is 4.74 Å². The van der Waals surface area contributed by atoms with Gasteiger partial charge in [-0.25, -0.2) is 4.79 Å². The molecule has 6 nitrogen and oxygen atoms in total.